The highest BCUT2D eigenvalue weighted by Gasteiger charge is 2.21. The van der Waals surface area contributed by atoms with Gasteiger partial charge in [0, 0.05) is 6.42 Å². The number of nitrogens with one attached hydrogen (secondary N) is 1. The summed E-state index contributed by atoms with van der Waals surface area (Å²) >= 11 is 6.26. The van der Waals surface area contributed by atoms with Crippen LogP contribution in [0.25, 0.3) is 0 Å². The lowest BCUT2D eigenvalue weighted by molar-refractivity contribution is 0.0468. The van der Waals surface area contributed by atoms with Crippen LogP contribution in [0.5, 0.6) is 11.5 Å². The largest absolute Gasteiger partial charge is 0.489 e. The summed E-state index contributed by atoms with van der Waals surface area (Å²) in [6.45, 7) is 4.80. The monoisotopic (exact) mass is 392 g/mol. The lowest BCUT2D eigenvalue weighted by atomic mass is 10.0. The van der Waals surface area contributed by atoms with Crippen LogP contribution in [0.4, 0.5) is 0 Å². The Kier molecular flexibility index (Phi) is 6.01. The Morgan fingerprint density at radius 2 is 2.04 bits per heavy atom. The maximum Gasteiger partial charge on any atom is 0.344 e. The molecule has 8 heteroatoms. The zero-order valence-corrected chi connectivity index (χ0v) is 16.0. The molecule has 1 aliphatic rings. The van der Waals surface area contributed by atoms with Gasteiger partial charge in [0.15, 0.2) is 11.5 Å². The standard InChI is InChI=1S/C19H21ClN2O5/c1-3-12-14(4-2)21-22-18(23)16(12)19(24)27-10-11-8-13(20)17-15(9-11)25-6-5-7-26-17/h8-9H,3-7,10H2,1-2H3,(H,22,23). The van der Waals surface area contributed by atoms with E-state index in [4.69, 9.17) is 25.8 Å². The molecule has 0 spiro atoms. The summed E-state index contributed by atoms with van der Waals surface area (Å²) < 4.78 is 16.6. The van der Waals surface area contributed by atoms with Gasteiger partial charge in [-0.3, -0.25) is 4.79 Å². The fourth-order valence-corrected chi connectivity index (χ4v) is 3.29. The molecule has 1 aromatic carbocycles. The normalized spacial score (nSPS) is 13.1. The van der Waals surface area contributed by atoms with Crippen LogP contribution in [0.2, 0.25) is 5.02 Å². The number of aryl methyl sites for hydroxylation is 1. The Morgan fingerprint density at radius 3 is 2.78 bits per heavy atom. The maximum absolute atomic E-state index is 12.6. The van der Waals surface area contributed by atoms with Gasteiger partial charge in [0.1, 0.15) is 12.2 Å². The zero-order valence-electron chi connectivity index (χ0n) is 15.3. The van der Waals surface area contributed by atoms with E-state index in [9.17, 15) is 9.59 Å². The number of hydrogen-bond acceptors (Lipinski definition) is 6. The van der Waals surface area contributed by atoms with Gasteiger partial charge >= 0.3 is 5.97 Å². The molecule has 0 fully saturated rings. The fraction of sp³-hybridized carbons (Fsp3) is 0.421. The SMILES string of the molecule is CCc1n[nH]c(=O)c(C(=O)OCc2cc(Cl)c3c(c2)OCCCO3)c1CC. The van der Waals surface area contributed by atoms with Gasteiger partial charge in [0.2, 0.25) is 0 Å². The van der Waals surface area contributed by atoms with Gasteiger partial charge in [-0.1, -0.05) is 25.4 Å². The lowest BCUT2D eigenvalue weighted by Gasteiger charge is -2.13. The van der Waals surface area contributed by atoms with Gasteiger partial charge in [0.05, 0.1) is 23.9 Å². The van der Waals surface area contributed by atoms with Crippen molar-refractivity contribution in [1.82, 2.24) is 10.2 Å². The first-order chi connectivity index (χ1) is 13.0. The van der Waals surface area contributed by atoms with Crippen LogP contribution >= 0.6 is 11.6 Å². The van der Waals surface area contributed by atoms with Gasteiger partial charge in [0.25, 0.3) is 5.56 Å². The van der Waals surface area contributed by atoms with Gasteiger partial charge < -0.3 is 14.2 Å². The van der Waals surface area contributed by atoms with Crippen molar-refractivity contribution in [2.45, 2.75) is 39.7 Å². The number of carbonyl (C=O) groups is 1. The van der Waals surface area contributed by atoms with E-state index in [-0.39, 0.29) is 12.2 Å². The number of H-pyrrole nitrogens is 1. The molecule has 0 amide bonds. The van der Waals surface area contributed by atoms with Crippen molar-refractivity contribution in [1.29, 1.82) is 0 Å². The molecule has 0 radical (unpaired) electrons. The molecule has 0 bridgehead atoms. The first kappa shape index (κ1) is 19.2. The first-order valence-corrected chi connectivity index (χ1v) is 9.28. The number of ether oxygens (including phenoxy) is 3. The Labute approximate surface area is 161 Å². The second kappa shape index (κ2) is 8.43. The summed E-state index contributed by atoms with van der Waals surface area (Å²) in [4.78, 5) is 24.7. The molecular formula is C19H21ClN2O5. The number of benzene rings is 1. The average Bonchev–Trinajstić information content (AvgIpc) is 2.91. The minimum atomic E-state index is -0.687. The molecule has 0 saturated carbocycles. The predicted octanol–water partition coefficient (Wildman–Crippen LogP) is 3.07. The number of aromatic amines is 1. The van der Waals surface area contributed by atoms with Crippen molar-refractivity contribution >= 4 is 17.6 Å². The van der Waals surface area contributed by atoms with Crippen LogP contribution in [-0.2, 0) is 24.2 Å². The summed E-state index contributed by atoms with van der Waals surface area (Å²) in [5, 5.41) is 6.76. The van der Waals surface area contributed by atoms with E-state index in [1.165, 1.54) is 0 Å². The molecule has 0 saturated heterocycles. The lowest BCUT2D eigenvalue weighted by Crippen LogP contribution is -2.25. The Morgan fingerprint density at radius 1 is 1.26 bits per heavy atom. The van der Waals surface area contributed by atoms with E-state index in [1.54, 1.807) is 12.1 Å². The molecule has 1 aromatic heterocycles. The van der Waals surface area contributed by atoms with Crippen molar-refractivity contribution in [2.75, 3.05) is 13.2 Å². The van der Waals surface area contributed by atoms with Crippen LogP contribution in [0, 0.1) is 0 Å². The highest BCUT2D eigenvalue weighted by Crippen LogP contribution is 2.38. The fourth-order valence-electron chi connectivity index (χ4n) is 3.00. The first-order valence-electron chi connectivity index (χ1n) is 8.90. The minimum Gasteiger partial charge on any atom is -0.489 e. The minimum absolute atomic E-state index is 0.00444. The van der Waals surface area contributed by atoms with Crippen molar-refractivity contribution in [3.63, 3.8) is 0 Å². The van der Waals surface area contributed by atoms with Crippen LogP contribution in [0.3, 0.4) is 0 Å². The third kappa shape index (κ3) is 4.08. The molecule has 2 heterocycles. The molecule has 0 atom stereocenters. The second-order valence-corrected chi connectivity index (χ2v) is 6.50. The summed E-state index contributed by atoms with van der Waals surface area (Å²) in [7, 11) is 0. The summed E-state index contributed by atoms with van der Waals surface area (Å²) in [6.07, 6.45) is 1.89. The van der Waals surface area contributed by atoms with Crippen molar-refractivity contribution in [3.05, 3.63) is 49.9 Å². The average molecular weight is 393 g/mol. The number of hydrogen-bond donors (Lipinski definition) is 1. The second-order valence-electron chi connectivity index (χ2n) is 6.09. The number of nitrogens with zero attached hydrogens (tertiary/aromatic N) is 1. The van der Waals surface area contributed by atoms with Gasteiger partial charge in [-0.05, 0) is 36.1 Å². The number of rotatable bonds is 5. The van der Waals surface area contributed by atoms with Crippen molar-refractivity contribution in [2.24, 2.45) is 0 Å². The molecule has 0 aliphatic carbocycles. The highest BCUT2D eigenvalue weighted by atomic mass is 35.5. The molecule has 3 rings (SSSR count). The number of carbonyl (C=O) groups excluding carboxylic acids is 1. The molecule has 7 nitrogen and oxygen atoms in total. The number of halogens is 1. The van der Waals surface area contributed by atoms with Crippen LogP contribution in [0.15, 0.2) is 16.9 Å². The van der Waals surface area contributed by atoms with Gasteiger partial charge in [-0.25, -0.2) is 9.89 Å². The zero-order chi connectivity index (χ0) is 19.4. The summed E-state index contributed by atoms with van der Waals surface area (Å²) in [5.74, 6) is 0.333. The molecule has 0 unspecified atom stereocenters. The summed E-state index contributed by atoms with van der Waals surface area (Å²) in [5.41, 5.74) is 1.40. The van der Waals surface area contributed by atoms with E-state index >= 15 is 0 Å². The van der Waals surface area contributed by atoms with Gasteiger partial charge in [-0.15, -0.1) is 0 Å². The Hall–Kier alpha value is -2.54. The van der Waals surface area contributed by atoms with E-state index in [1.807, 2.05) is 13.8 Å². The van der Waals surface area contributed by atoms with E-state index < -0.39 is 11.5 Å². The molecule has 1 N–H and O–H groups in total. The van der Waals surface area contributed by atoms with Crippen LogP contribution < -0.4 is 15.0 Å². The van der Waals surface area contributed by atoms with Crippen LogP contribution in [0.1, 0.15) is 47.4 Å². The van der Waals surface area contributed by atoms with Crippen LogP contribution in [-0.4, -0.2) is 29.4 Å². The highest BCUT2D eigenvalue weighted by molar-refractivity contribution is 6.32. The van der Waals surface area contributed by atoms with E-state index in [0.717, 1.165) is 6.42 Å². The summed E-state index contributed by atoms with van der Waals surface area (Å²) in [6, 6.07) is 3.39. The Bertz CT molecular complexity index is 910. The van der Waals surface area contributed by atoms with Gasteiger partial charge in [-0.2, -0.15) is 5.10 Å². The molecular weight excluding hydrogens is 372 g/mol. The smallest absolute Gasteiger partial charge is 0.344 e. The molecule has 1 aliphatic heterocycles. The Balaban J connectivity index is 1.82. The third-order valence-corrected chi connectivity index (χ3v) is 4.57. The van der Waals surface area contributed by atoms with E-state index in [0.29, 0.717) is 59.4 Å². The van der Waals surface area contributed by atoms with E-state index in [2.05, 4.69) is 10.2 Å². The topological polar surface area (TPSA) is 90.5 Å². The number of fused-ring (bicyclic) bond motifs is 1. The quantitative estimate of drug-likeness (QED) is 0.786. The number of esters is 1. The number of aromatic nitrogens is 2. The molecule has 144 valence electrons. The van der Waals surface area contributed by atoms with Crippen molar-refractivity contribution < 1.29 is 19.0 Å². The third-order valence-electron chi connectivity index (χ3n) is 4.29. The maximum atomic E-state index is 12.6. The predicted molar refractivity (Wildman–Crippen MR) is 99.8 cm³/mol. The van der Waals surface area contributed by atoms with Crippen molar-refractivity contribution in [3.8, 4) is 11.5 Å². The molecule has 27 heavy (non-hydrogen) atoms. The molecule has 2 aromatic rings.